The number of hydrogen-bond donors (Lipinski definition) is 1. The number of esters is 2. The van der Waals surface area contributed by atoms with Gasteiger partial charge < -0.3 is 19.0 Å². The molecule has 0 saturated carbocycles. The highest BCUT2D eigenvalue weighted by molar-refractivity contribution is 6.17. The first-order valence-electron chi connectivity index (χ1n) is 8.04. The molecule has 0 aliphatic rings. The van der Waals surface area contributed by atoms with Crippen LogP contribution in [-0.2, 0) is 9.47 Å². The van der Waals surface area contributed by atoms with Crippen molar-refractivity contribution in [3.05, 3.63) is 41.0 Å². The van der Waals surface area contributed by atoms with E-state index in [1.54, 1.807) is 26.0 Å². The Kier molecular flexibility index (Phi) is 4.55. The monoisotopic (exact) mass is 352 g/mol. The summed E-state index contributed by atoms with van der Waals surface area (Å²) in [6, 6.07) is 6.11. The molecular formula is C20H16O6. The first kappa shape index (κ1) is 17.4. The lowest BCUT2D eigenvalue weighted by atomic mass is 10.0. The normalized spacial score (nSPS) is 10.7. The van der Waals surface area contributed by atoms with Crippen LogP contribution in [0.5, 0.6) is 5.75 Å². The predicted octanol–water partition coefficient (Wildman–Crippen LogP) is 3.63. The Morgan fingerprint density at radius 2 is 1.81 bits per heavy atom. The van der Waals surface area contributed by atoms with Crippen molar-refractivity contribution in [2.75, 3.05) is 13.2 Å². The molecular weight excluding hydrogens is 336 g/mol. The summed E-state index contributed by atoms with van der Waals surface area (Å²) in [7, 11) is 0. The zero-order chi connectivity index (χ0) is 18.8. The van der Waals surface area contributed by atoms with Crippen LogP contribution < -0.4 is 0 Å². The number of fused-ring (bicyclic) bond motifs is 3. The van der Waals surface area contributed by atoms with Gasteiger partial charge in [-0.15, -0.1) is 6.42 Å². The van der Waals surface area contributed by atoms with Crippen LogP contribution in [0.4, 0.5) is 0 Å². The van der Waals surface area contributed by atoms with E-state index in [-0.39, 0.29) is 35.7 Å². The van der Waals surface area contributed by atoms with Crippen LogP contribution in [0, 0.1) is 12.3 Å². The molecule has 0 aliphatic carbocycles. The van der Waals surface area contributed by atoms with Gasteiger partial charge in [0.05, 0.1) is 24.3 Å². The summed E-state index contributed by atoms with van der Waals surface area (Å²) >= 11 is 0. The number of terminal acetylenes is 1. The zero-order valence-electron chi connectivity index (χ0n) is 14.3. The molecule has 0 fully saturated rings. The Balaban J connectivity index is 2.36. The number of hydrogen-bond acceptors (Lipinski definition) is 6. The van der Waals surface area contributed by atoms with Gasteiger partial charge in [-0.05, 0) is 32.0 Å². The maximum absolute atomic E-state index is 12.5. The lowest BCUT2D eigenvalue weighted by molar-refractivity contribution is 0.0479. The summed E-state index contributed by atoms with van der Waals surface area (Å²) in [4.78, 5) is 24.7. The number of furan rings is 1. The van der Waals surface area contributed by atoms with Gasteiger partial charge in [0.1, 0.15) is 16.9 Å². The van der Waals surface area contributed by atoms with Gasteiger partial charge in [-0.3, -0.25) is 0 Å². The quantitative estimate of drug-likeness (QED) is 0.570. The number of carbonyl (C=O) groups excluding carboxylic acids is 2. The highest BCUT2D eigenvalue weighted by Gasteiger charge is 2.26. The Morgan fingerprint density at radius 3 is 2.46 bits per heavy atom. The van der Waals surface area contributed by atoms with Gasteiger partial charge in [0.2, 0.25) is 0 Å². The molecule has 0 atom stereocenters. The number of carbonyl (C=O) groups is 2. The van der Waals surface area contributed by atoms with E-state index >= 15 is 0 Å². The molecule has 26 heavy (non-hydrogen) atoms. The second-order valence-corrected chi connectivity index (χ2v) is 5.42. The fourth-order valence-electron chi connectivity index (χ4n) is 2.78. The summed E-state index contributed by atoms with van der Waals surface area (Å²) in [6.45, 7) is 3.64. The van der Waals surface area contributed by atoms with Crippen LogP contribution in [-0.4, -0.2) is 30.3 Å². The average molecular weight is 352 g/mol. The number of rotatable bonds is 4. The second kappa shape index (κ2) is 6.81. The van der Waals surface area contributed by atoms with Crippen molar-refractivity contribution < 1.29 is 28.6 Å². The Bertz CT molecular complexity index is 1070. The van der Waals surface area contributed by atoms with E-state index in [2.05, 4.69) is 5.92 Å². The minimum absolute atomic E-state index is 0.0132. The molecule has 132 valence electrons. The van der Waals surface area contributed by atoms with Crippen LogP contribution >= 0.6 is 0 Å². The topological polar surface area (TPSA) is 86.0 Å². The molecule has 0 amide bonds. The van der Waals surface area contributed by atoms with E-state index in [0.29, 0.717) is 21.9 Å². The molecule has 0 radical (unpaired) electrons. The van der Waals surface area contributed by atoms with Gasteiger partial charge in [-0.1, -0.05) is 5.92 Å². The summed E-state index contributed by atoms with van der Waals surface area (Å²) < 4.78 is 15.9. The molecule has 1 N–H and O–H groups in total. The fourth-order valence-corrected chi connectivity index (χ4v) is 2.78. The summed E-state index contributed by atoms with van der Waals surface area (Å²) in [5, 5.41) is 11.1. The lowest BCUT2D eigenvalue weighted by Gasteiger charge is -2.08. The molecule has 0 spiro atoms. The van der Waals surface area contributed by atoms with E-state index in [1.807, 2.05) is 0 Å². The molecule has 1 aromatic heterocycles. The van der Waals surface area contributed by atoms with Crippen molar-refractivity contribution in [3.8, 4) is 18.1 Å². The first-order chi connectivity index (χ1) is 12.5. The SMILES string of the molecule is C#Cc1cc2c(cc1O)oc1c(C(=O)OCC)c(C(=O)OCC)ccc12. The summed E-state index contributed by atoms with van der Waals surface area (Å²) in [5.74, 6) is 0.939. The van der Waals surface area contributed by atoms with Crippen LogP contribution in [0.15, 0.2) is 28.7 Å². The number of ether oxygens (including phenoxy) is 2. The second-order valence-electron chi connectivity index (χ2n) is 5.42. The van der Waals surface area contributed by atoms with Crippen molar-refractivity contribution >= 4 is 33.9 Å². The van der Waals surface area contributed by atoms with Crippen molar-refractivity contribution in [2.45, 2.75) is 13.8 Å². The Morgan fingerprint density at radius 1 is 1.12 bits per heavy atom. The number of benzene rings is 2. The minimum atomic E-state index is -0.693. The van der Waals surface area contributed by atoms with E-state index in [9.17, 15) is 14.7 Å². The summed E-state index contributed by atoms with van der Waals surface area (Å²) in [5.41, 5.74) is 0.854. The van der Waals surface area contributed by atoms with E-state index < -0.39 is 11.9 Å². The zero-order valence-corrected chi connectivity index (χ0v) is 14.3. The standard InChI is InChI=1S/C20H16O6/c1-4-11-9-14-12-7-8-13(19(22)24-5-2)17(20(23)25-6-3)18(12)26-16(14)10-15(11)21/h1,7-10,21H,5-6H2,2-3H3. The number of phenolic OH excluding ortho intramolecular Hbond substituents is 1. The maximum atomic E-state index is 12.5. The highest BCUT2D eigenvalue weighted by Crippen LogP contribution is 2.36. The Hall–Kier alpha value is -3.46. The van der Waals surface area contributed by atoms with Crippen LogP contribution in [0.1, 0.15) is 40.1 Å². The van der Waals surface area contributed by atoms with Crippen molar-refractivity contribution in [1.82, 2.24) is 0 Å². The van der Waals surface area contributed by atoms with Crippen molar-refractivity contribution in [2.24, 2.45) is 0 Å². The highest BCUT2D eigenvalue weighted by atomic mass is 16.5. The van der Waals surface area contributed by atoms with E-state index in [1.165, 1.54) is 12.1 Å². The third-order valence-electron chi connectivity index (χ3n) is 3.89. The maximum Gasteiger partial charge on any atom is 0.342 e. The van der Waals surface area contributed by atoms with Crippen molar-refractivity contribution in [1.29, 1.82) is 0 Å². The third-order valence-corrected chi connectivity index (χ3v) is 3.89. The van der Waals surface area contributed by atoms with Gasteiger partial charge >= 0.3 is 11.9 Å². The number of phenols is 1. The molecule has 0 aliphatic heterocycles. The van der Waals surface area contributed by atoms with Gasteiger partial charge in [0.25, 0.3) is 0 Å². The molecule has 0 bridgehead atoms. The molecule has 6 nitrogen and oxygen atoms in total. The van der Waals surface area contributed by atoms with Gasteiger partial charge in [0, 0.05) is 16.8 Å². The fraction of sp³-hybridized carbons (Fsp3) is 0.200. The van der Waals surface area contributed by atoms with Gasteiger partial charge in [-0.2, -0.15) is 0 Å². The molecule has 3 aromatic rings. The van der Waals surface area contributed by atoms with Crippen molar-refractivity contribution in [3.63, 3.8) is 0 Å². The molecule has 3 rings (SSSR count). The predicted molar refractivity (Wildman–Crippen MR) is 95.2 cm³/mol. The molecule has 2 aromatic carbocycles. The smallest absolute Gasteiger partial charge is 0.342 e. The van der Waals surface area contributed by atoms with E-state index in [0.717, 1.165) is 0 Å². The van der Waals surface area contributed by atoms with Gasteiger partial charge in [0.15, 0.2) is 5.58 Å². The van der Waals surface area contributed by atoms with Crippen LogP contribution in [0.3, 0.4) is 0 Å². The van der Waals surface area contributed by atoms with Crippen LogP contribution in [0.25, 0.3) is 21.9 Å². The third kappa shape index (κ3) is 2.74. The lowest BCUT2D eigenvalue weighted by Crippen LogP contribution is -2.14. The Labute approximate surface area is 149 Å². The molecule has 1 heterocycles. The minimum Gasteiger partial charge on any atom is -0.507 e. The largest absolute Gasteiger partial charge is 0.507 e. The average Bonchev–Trinajstić information content (AvgIpc) is 2.97. The van der Waals surface area contributed by atoms with Gasteiger partial charge in [-0.25, -0.2) is 9.59 Å². The molecule has 0 unspecified atom stereocenters. The number of aromatic hydroxyl groups is 1. The van der Waals surface area contributed by atoms with E-state index in [4.69, 9.17) is 20.3 Å². The molecule has 6 heteroatoms. The van der Waals surface area contributed by atoms with Crippen LogP contribution in [0.2, 0.25) is 0 Å². The first-order valence-corrected chi connectivity index (χ1v) is 8.04. The molecule has 0 saturated heterocycles. The summed E-state index contributed by atoms with van der Waals surface area (Å²) in [6.07, 6.45) is 5.39.